The molecule has 3 rings (SSSR count). The standard InChI is InChI=1S/C14H11ClN4/c1-9-8-17-14(15)19-13(9)18-12-6-2-5-11-10(12)4-3-7-16-11/h2-8H,1H3,(H,17,18,19). The zero-order valence-electron chi connectivity index (χ0n) is 10.3. The van der Waals surface area contributed by atoms with E-state index in [1.165, 1.54) is 0 Å². The number of fused-ring (bicyclic) bond motifs is 1. The summed E-state index contributed by atoms with van der Waals surface area (Å²) in [5.41, 5.74) is 2.82. The summed E-state index contributed by atoms with van der Waals surface area (Å²) in [6.45, 7) is 1.93. The van der Waals surface area contributed by atoms with Crippen LogP contribution >= 0.6 is 11.6 Å². The molecule has 0 radical (unpaired) electrons. The first-order valence-corrected chi connectivity index (χ1v) is 6.22. The SMILES string of the molecule is Cc1cnc(Cl)nc1Nc1cccc2ncccc12. The van der Waals surface area contributed by atoms with Crippen LogP contribution in [-0.2, 0) is 0 Å². The molecule has 4 nitrogen and oxygen atoms in total. The number of nitrogens with zero attached hydrogens (tertiary/aromatic N) is 3. The van der Waals surface area contributed by atoms with E-state index in [-0.39, 0.29) is 5.28 Å². The van der Waals surface area contributed by atoms with E-state index in [0.717, 1.165) is 22.2 Å². The number of pyridine rings is 1. The second kappa shape index (κ2) is 4.82. The number of aryl methyl sites for hydroxylation is 1. The maximum atomic E-state index is 5.83. The summed E-state index contributed by atoms with van der Waals surface area (Å²) in [4.78, 5) is 12.5. The summed E-state index contributed by atoms with van der Waals surface area (Å²) in [6.07, 6.45) is 3.47. The third kappa shape index (κ3) is 2.35. The molecule has 2 aromatic heterocycles. The van der Waals surface area contributed by atoms with Crippen molar-refractivity contribution in [3.8, 4) is 0 Å². The maximum Gasteiger partial charge on any atom is 0.224 e. The van der Waals surface area contributed by atoms with Crippen LogP contribution in [0.2, 0.25) is 5.28 Å². The van der Waals surface area contributed by atoms with E-state index in [9.17, 15) is 0 Å². The molecule has 0 spiro atoms. The second-order valence-corrected chi connectivity index (χ2v) is 4.51. The average Bonchev–Trinajstić information content (AvgIpc) is 2.43. The first kappa shape index (κ1) is 11.9. The normalized spacial score (nSPS) is 10.6. The molecule has 1 N–H and O–H groups in total. The van der Waals surface area contributed by atoms with Gasteiger partial charge in [0.2, 0.25) is 5.28 Å². The summed E-state index contributed by atoms with van der Waals surface area (Å²) in [6, 6.07) is 9.84. The zero-order valence-corrected chi connectivity index (χ0v) is 11.0. The van der Waals surface area contributed by atoms with Gasteiger partial charge in [0, 0.05) is 29.0 Å². The lowest BCUT2D eigenvalue weighted by Gasteiger charge is -2.10. The van der Waals surface area contributed by atoms with Crippen LogP contribution in [0.1, 0.15) is 5.56 Å². The van der Waals surface area contributed by atoms with Gasteiger partial charge in [0.15, 0.2) is 0 Å². The third-order valence-electron chi connectivity index (χ3n) is 2.84. The Morgan fingerprint density at radius 2 is 2.00 bits per heavy atom. The number of nitrogens with one attached hydrogen (secondary N) is 1. The molecule has 19 heavy (non-hydrogen) atoms. The van der Waals surface area contributed by atoms with Gasteiger partial charge in [0.25, 0.3) is 0 Å². The largest absolute Gasteiger partial charge is 0.339 e. The number of benzene rings is 1. The molecule has 0 atom stereocenters. The van der Waals surface area contributed by atoms with Crippen molar-refractivity contribution in [2.75, 3.05) is 5.32 Å². The number of hydrogen-bond donors (Lipinski definition) is 1. The summed E-state index contributed by atoms with van der Waals surface area (Å²) < 4.78 is 0. The first-order chi connectivity index (χ1) is 9.24. The van der Waals surface area contributed by atoms with Gasteiger partial charge in [0.05, 0.1) is 5.52 Å². The van der Waals surface area contributed by atoms with E-state index in [0.29, 0.717) is 5.82 Å². The van der Waals surface area contributed by atoms with E-state index in [1.54, 1.807) is 12.4 Å². The molecule has 1 aromatic carbocycles. The predicted octanol–water partition coefficient (Wildman–Crippen LogP) is 3.73. The van der Waals surface area contributed by atoms with Crippen LogP contribution in [0.5, 0.6) is 0 Å². The molecule has 0 aliphatic rings. The van der Waals surface area contributed by atoms with Crippen molar-refractivity contribution in [3.05, 3.63) is 53.6 Å². The second-order valence-electron chi connectivity index (χ2n) is 4.17. The van der Waals surface area contributed by atoms with Gasteiger partial charge in [-0.15, -0.1) is 0 Å². The molecular formula is C14H11ClN4. The summed E-state index contributed by atoms with van der Waals surface area (Å²) >= 11 is 5.83. The topological polar surface area (TPSA) is 50.7 Å². The predicted molar refractivity (Wildman–Crippen MR) is 76.8 cm³/mol. The highest BCUT2D eigenvalue weighted by molar-refractivity contribution is 6.28. The van der Waals surface area contributed by atoms with Crippen LogP contribution in [0, 0.1) is 6.92 Å². The van der Waals surface area contributed by atoms with Crippen LogP contribution in [0.4, 0.5) is 11.5 Å². The molecule has 0 amide bonds. The van der Waals surface area contributed by atoms with E-state index in [1.807, 2.05) is 37.3 Å². The average molecular weight is 271 g/mol. The molecule has 0 aliphatic heterocycles. The van der Waals surface area contributed by atoms with Crippen molar-refractivity contribution < 1.29 is 0 Å². The van der Waals surface area contributed by atoms with Crippen LogP contribution < -0.4 is 5.32 Å². The monoisotopic (exact) mass is 270 g/mol. The molecule has 5 heteroatoms. The molecule has 0 unspecified atom stereocenters. The van der Waals surface area contributed by atoms with Gasteiger partial charge in [0.1, 0.15) is 5.82 Å². The smallest absolute Gasteiger partial charge is 0.224 e. The van der Waals surface area contributed by atoms with E-state index in [2.05, 4.69) is 20.3 Å². The van der Waals surface area contributed by atoms with Gasteiger partial charge in [-0.25, -0.2) is 9.97 Å². The Balaban J connectivity index is 2.08. The van der Waals surface area contributed by atoms with E-state index < -0.39 is 0 Å². The first-order valence-electron chi connectivity index (χ1n) is 5.84. The quantitative estimate of drug-likeness (QED) is 0.721. The van der Waals surface area contributed by atoms with Gasteiger partial charge in [-0.2, -0.15) is 0 Å². The lowest BCUT2D eigenvalue weighted by molar-refractivity contribution is 1.13. The zero-order chi connectivity index (χ0) is 13.2. The molecule has 0 saturated carbocycles. The van der Waals surface area contributed by atoms with Gasteiger partial charge >= 0.3 is 0 Å². The van der Waals surface area contributed by atoms with E-state index in [4.69, 9.17) is 11.6 Å². The summed E-state index contributed by atoms with van der Waals surface area (Å²) in [7, 11) is 0. The van der Waals surface area contributed by atoms with Crippen molar-refractivity contribution in [1.29, 1.82) is 0 Å². The summed E-state index contributed by atoms with van der Waals surface area (Å²) in [5.74, 6) is 0.705. The van der Waals surface area contributed by atoms with Crippen LogP contribution in [0.15, 0.2) is 42.7 Å². The number of aromatic nitrogens is 3. The fourth-order valence-corrected chi connectivity index (χ4v) is 2.02. The van der Waals surface area contributed by atoms with Gasteiger partial charge < -0.3 is 5.32 Å². The molecule has 0 saturated heterocycles. The third-order valence-corrected chi connectivity index (χ3v) is 3.02. The van der Waals surface area contributed by atoms with Gasteiger partial charge in [-0.1, -0.05) is 6.07 Å². The molecule has 3 aromatic rings. The minimum atomic E-state index is 0.228. The Morgan fingerprint density at radius 3 is 2.89 bits per heavy atom. The minimum absolute atomic E-state index is 0.228. The number of hydrogen-bond acceptors (Lipinski definition) is 4. The maximum absolute atomic E-state index is 5.83. The lowest BCUT2D eigenvalue weighted by atomic mass is 10.2. The highest BCUT2D eigenvalue weighted by Crippen LogP contribution is 2.25. The molecule has 2 heterocycles. The Labute approximate surface area is 115 Å². The van der Waals surface area contributed by atoms with Crippen molar-refractivity contribution in [3.63, 3.8) is 0 Å². The fraction of sp³-hybridized carbons (Fsp3) is 0.0714. The highest BCUT2D eigenvalue weighted by atomic mass is 35.5. The van der Waals surface area contributed by atoms with Crippen molar-refractivity contribution in [2.24, 2.45) is 0 Å². The minimum Gasteiger partial charge on any atom is -0.339 e. The van der Waals surface area contributed by atoms with Crippen LogP contribution in [0.25, 0.3) is 10.9 Å². The Kier molecular flexibility index (Phi) is 3.01. The molecule has 0 fully saturated rings. The van der Waals surface area contributed by atoms with Crippen molar-refractivity contribution in [2.45, 2.75) is 6.92 Å². The molecule has 0 aliphatic carbocycles. The number of halogens is 1. The molecule has 94 valence electrons. The Morgan fingerprint density at radius 1 is 1.11 bits per heavy atom. The van der Waals surface area contributed by atoms with Crippen LogP contribution in [-0.4, -0.2) is 15.0 Å². The lowest BCUT2D eigenvalue weighted by Crippen LogP contribution is -1.98. The van der Waals surface area contributed by atoms with Crippen LogP contribution in [0.3, 0.4) is 0 Å². The van der Waals surface area contributed by atoms with E-state index >= 15 is 0 Å². The highest BCUT2D eigenvalue weighted by Gasteiger charge is 2.06. The van der Waals surface area contributed by atoms with Gasteiger partial charge in [-0.3, -0.25) is 4.98 Å². The number of anilines is 2. The van der Waals surface area contributed by atoms with Gasteiger partial charge in [-0.05, 0) is 42.8 Å². The Hall–Kier alpha value is -2.20. The molecular weight excluding hydrogens is 260 g/mol. The fourth-order valence-electron chi connectivity index (χ4n) is 1.89. The molecule has 0 bridgehead atoms. The number of rotatable bonds is 2. The Bertz CT molecular complexity index is 737. The summed E-state index contributed by atoms with van der Waals surface area (Å²) in [5, 5.41) is 4.55. The van der Waals surface area contributed by atoms with Crippen molar-refractivity contribution in [1.82, 2.24) is 15.0 Å². The van der Waals surface area contributed by atoms with Crippen molar-refractivity contribution >= 4 is 34.0 Å².